The number of aromatic nitrogens is 5. The molecular formula is C37H36ClF3N8O3. The van der Waals surface area contributed by atoms with Crippen LogP contribution in [0.5, 0.6) is 6.01 Å². The average Bonchev–Trinajstić information content (AvgIpc) is 3.84. The number of alkyl halides is 2. The van der Waals surface area contributed by atoms with Crippen LogP contribution in [0.4, 0.5) is 19.0 Å². The summed E-state index contributed by atoms with van der Waals surface area (Å²) >= 11 is 6.61. The smallest absolute Gasteiger partial charge is 0.319 e. The van der Waals surface area contributed by atoms with Gasteiger partial charge >= 0.3 is 11.9 Å². The summed E-state index contributed by atoms with van der Waals surface area (Å²) in [5.74, 6) is -4.56. The van der Waals surface area contributed by atoms with Gasteiger partial charge in [-0.05, 0) is 50.2 Å². The lowest BCUT2D eigenvalue weighted by molar-refractivity contribution is -0.131. The second-order valence-electron chi connectivity index (χ2n) is 14.0. The third-order valence-corrected chi connectivity index (χ3v) is 10.7. The fourth-order valence-corrected chi connectivity index (χ4v) is 8.07. The summed E-state index contributed by atoms with van der Waals surface area (Å²) in [6, 6.07) is 11.2. The van der Waals surface area contributed by atoms with E-state index in [2.05, 4.69) is 25.0 Å². The van der Waals surface area contributed by atoms with Crippen molar-refractivity contribution in [3.05, 3.63) is 71.2 Å². The van der Waals surface area contributed by atoms with Crippen molar-refractivity contribution in [3.8, 4) is 17.3 Å². The van der Waals surface area contributed by atoms with Gasteiger partial charge in [-0.2, -0.15) is 23.7 Å². The minimum absolute atomic E-state index is 0.0602. The minimum atomic E-state index is -3.25. The number of pyridine rings is 1. The molecule has 0 unspecified atom stereocenters. The quantitative estimate of drug-likeness (QED) is 0.143. The zero-order valence-electron chi connectivity index (χ0n) is 28.7. The molecule has 5 aromatic rings. The number of amides is 1. The van der Waals surface area contributed by atoms with Crippen LogP contribution in [0.25, 0.3) is 39.0 Å². The van der Waals surface area contributed by atoms with E-state index < -0.39 is 17.6 Å². The van der Waals surface area contributed by atoms with Gasteiger partial charge in [0.05, 0.1) is 10.9 Å². The fraction of sp³-hybridized carbons (Fsp3) is 0.405. The molecule has 3 aliphatic heterocycles. The van der Waals surface area contributed by atoms with E-state index in [-0.39, 0.29) is 40.5 Å². The molecule has 0 aliphatic carbocycles. The number of carbonyl (C=O) groups excluding carboxylic acids is 1. The Morgan fingerprint density at radius 3 is 2.62 bits per heavy atom. The number of likely N-dealkylation sites (tertiary alicyclic amines) is 1. The lowest BCUT2D eigenvalue weighted by Gasteiger charge is -2.40. The summed E-state index contributed by atoms with van der Waals surface area (Å²) in [5.41, 5.74) is 0.715. The van der Waals surface area contributed by atoms with E-state index in [4.69, 9.17) is 25.8 Å². The van der Waals surface area contributed by atoms with Crippen LogP contribution < -0.4 is 9.64 Å². The molecule has 0 radical (unpaired) electrons. The molecule has 8 rings (SSSR count). The van der Waals surface area contributed by atoms with Crippen molar-refractivity contribution in [2.45, 2.75) is 44.1 Å². The van der Waals surface area contributed by atoms with Crippen LogP contribution in [-0.2, 0) is 10.7 Å². The van der Waals surface area contributed by atoms with E-state index >= 15 is 4.39 Å². The number of benzene rings is 2. The highest BCUT2D eigenvalue weighted by atomic mass is 35.5. The second kappa shape index (κ2) is 13.3. The van der Waals surface area contributed by atoms with Gasteiger partial charge in [-0.1, -0.05) is 47.1 Å². The number of hydrogen-bond acceptors (Lipinski definition) is 10. The Labute approximate surface area is 302 Å². The zero-order chi connectivity index (χ0) is 36.2. The first-order valence-corrected chi connectivity index (χ1v) is 17.7. The van der Waals surface area contributed by atoms with Crippen LogP contribution >= 0.6 is 11.6 Å². The lowest BCUT2D eigenvalue weighted by atomic mass is 9.95. The number of halogens is 4. The van der Waals surface area contributed by atoms with E-state index in [0.717, 1.165) is 44.2 Å². The lowest BCUT2D eigenvalue weighted by Crippen LogP contribution is -2.53. The molecule has 0 spiro atoms. The Kier molecular flexibility index (Phi) is 8.77. The molecule has 3 aliphatic rings. The van der Waals surface area contributed by atoms with Crippen LogP contribution in [0.3, 0.4) is 0 Å². The molecule has 11 nitrogen and oxygen atoms in total. The first-order chi connectivity index (χ1) is 25.0. The number of nitrogens with zero attached hydrogens (tertiary/aromatic N) is 8. The molecule has 0 bridgehead atoms. The molecule has 6 heterocycles. The average molecular weight is 733 g/mol. The number of ether oxygens (including phenoxy) is 1. The predicted octanol–water partition coefficient (Wildman–Crippen LogP) is 6.75. The van der Waals surface area contributed by atoms with E-state index in [1.54, 1.807) is 23.2 Å². The summed E-state index contributed by atoms with van der Waals surface area (Å²) in [5, 5.41) is 5.74. The minimum Gasteiger partial charge on any atom is -0.461 e. The first kappa shape index (κ1) is 34.3. The first-order valence-electron chi connectivity index (χ1n) is 17.3. The number of carbonyl (C=O) groups is 1. The van der Waals surface area contributed by atoms with Gasteiger partial charge in [0.1, 0.15) is 23.6 Å². The van der Waals surface area contributed by atoms with Crippen LogP contribution in [0, 0.1) is 11.7 Å². The Morgan fingerprint density at radius 2 is 1.88 bits per heavy atom. The number of hydrogen-bond donors (Lipinski definition) is 0. The third-order valence-electron chi connectivity index (χ3n) is 10.4. The summed E-state index contributed by atoms with van der Waals surface area (Å²) in [4.78, 5) is 36.4. The van der Waals surface area contributed by atoms with E-state index in [0.29, 0.717) is 60.3 Å². The Bertz CT molecular complexity index is 2190. The highest BCUT2D eigenvalue weighted by Crippen LogP contribution is 2.40. The maximum absolute atomic E-state index is 16.7. The van der Waals surface area contributed by atoms with Gasteiger partial charge in [-0.15, -0.1) is 0 Å². The van der Waals surface area contributed by atoms with Crippen molar-refractivity contribution in [2.24, 2.45) is 5.92 Å². The van der Waals surface area contributed by atoms with Crippen molar-refractivity contribution in [3.63, 3.8) is 0 Å². The summed E-state index contributed by atoms with van der Waals surface area (Å²) < 4.78 is 54.7. The SMILES string of the molecule is CN(CC1CN(C(=O)/C=C/c2nc(C(C)(F)F)no2)C1)c1nc(OCC23CCCN2CCC3)nc2c(F)c(-c3cccc4cccc(Cl)c34)ncc12. The van der Waals surface area contributed by atoms with Crippen molar-refractivity contribution in [1.29, 1.82) is 0 Å². The van der Waals surface area contributed by atoms with Crippen molar-refractivity contribution in [2.75, 3.05) is 51.3 Å². The van der Waals surface area contributed by atoms with Crippen molar-refractivity contribution < 1.29 is 27.2 Å². The normalized spacial score (nSPS) is 17.7. The molecule has 0 atom stereocenters. The second-order valence-corrected chi connectivity index (χ2v) is 14.4. The number of rotatable bonds is 10. The van der Waals surface area contributed by atoms with Crippen LogP contribution in [-0.4, -0.2) is 92.7 Å². The van der Waals surface area contributed by atoms with Crippen LogP contribution in [0.1, 0.15) is 44.3 Å². The fourth-order valence-electron chi connectivity index (χ4n) is 7.79. The third kappa shape index (κ3) is 6.31. The Hall–Kier alpha value is -4.82. The Balaban J connectivity index is 1.05. The predicted molar refractivity (Wildman–Crippen MR) is 190 cm³/mol. The van der Waals surface area contributed by atoms with Gasteiger partial charge in [0.15, 0.2) is 5.82 Å². The molecule has 3 saturated heterocycles. The van der Waals surface area contributed by atoms with Crippen molar-refractivity contribution >= 4 is 51.1 Å². The van der Waals surface area contributed by atoms with Crippen molar-refractivity contribution in [1.82, 2.24) is 34.9 Å². The zero-order valence-corrected chi connectivity index (χ0v) is 29.4. The van der Waals surface area contributed by atoms with Gasteiger partial charge in [-0.25, -0.2) is 4.39 Å². The molecule has 52 heavy (non-hydrogen) atoms. The van der Waals surface area contributed by atoms with Gasteiger partial charge in [-0.3, -0.25) is 14.7 Å². The molecule has 270 valence electrons. The van der Waals surface area contributed by atoms with E-state index in [1.807, 2.05) is 36.2 Å². The number of fused-ring (bicyclic) bond motifs is 3. The van der Waals surface area contributed by atoms with E-state index in [9.17, 15) is 13.6 Å². The van der Waals surface area contributed by atoms with E-state index in [1.165, 1.54) is 12.2 Å². The largest absolute Gasteiger partial charge is 0.461 e. The summed E-state index contributed by atoms with van der Waals surface area (Å²) in [6.07, 6.45) is 8.32. The summed E-state index contributed by atoms with van der Waals surface area (Å²) in [6.45, 7) is 4.55. The van der Waals surface area contributed by atoms with Crippen LogP contribution in [0.2, 0.25) is 5.02 Å². The number of anilines is 1. The molecule has 15 heteroatoms. The molecule has 1 amide bonds. The summed E-state index contributed by atoms with van der Waals surface area (Å²) in [7, 11) is 1.86. The van der Waals surface area contributed by atoms with Gasteiger partial charge in [0, 0.05) is 73.8 Å². The highest BCUT2D eigenvalue weighted by molar-refractivity contribution is 6.36. The standard InChI is InChI=1S/C37H36ClF3N8O3/c1-36(40,41)34-43-27(52-46-34)11-12-28(50)48-19-22(20-48)18-47(2)33-25-17-42-31(24-9-3-7-23-8-4-10-26(38)29(23)24)30(39)32(25)44-35(45-33)51-21-37-13-5-15-49(37)16-6-14-37/h3-4,7-12,17,22H,5-6,13-16,18-21H2,1-2H3/b12-11+. The maximum atomic E-state index is 16.7. The molecule has 3 fully saturated rings. The molecule has 3 aromatic heterocycles. The van der Waals surface area contributed by atoms with Crippen LogP contribution in [0.15, 0.2) is 53.2 Å². The van der Waals surface area contributed by atoms with Gasteiger partial charge < -0.3 is 19.1 Å². The highest BCUT2D eigenvalue weighted by Gasteiger charge is 2.45. The topological polar surface area (TPSA) is 114 Å². The molecule has 0 N–H and O–H groups in total. The maximum Gasteiger partial charge on any atom is 0.319 e. The molecular weight excluding hydrogens is 697 g/mol. The monoisotopic (exact) mass is 732 g/mol. The van der Waals surface area contributed by atoms with Gasteiger partial charge in [0.25, 0.3) is 5.89 Å². The molecule has 0 saturated carbocycles. The molecule has 2 aromatic carbocycles. The van der Waals surface area contributed by atoms with Gasteiger partial charge in [0.2, 0.25) is 11.7 Å². The Morgan fingerprint density at radius 1 is 1.13 bits per heavy atom.